The van der Waals surface area contributed by atoms with E-state index >= 15 is 0 Å². The molecule has 3 unspecified atom stereocenters. The first-order valence-electron chi connectivity index (χ1n) is 8.81. The fourth-order valence-electron chi connectivity index (χ4n) is 3.56. The molecule has 144 valence electrons. The Kier molecular flexibility index (Phi) is 5.47. The lowest BCUT2D eigenvalue weighted by Gasteiger charge is -2.22. The van der Waals surface area contributed by atoms with Gasteiger partial charge in [-0.3, -0.25) is 24.6 Å². The van der Waals surface area contributed by atoms with Gasteiger partial charge in [-0.15, -0.1) is 0 Å². The van der Waals surface area contributed by atoms with Crippen molar-refractivity contribution in [2.75, 3.05) is 0 Å². The lowest BCUT2D eigenvalue weighted by molar-refractivity contribution is -0.386. The maximum Gasteiger partial charge on any atom is 0.312 e. The predicted molar refractivity (Wildman–Crippen MR) is 97.3 cm³/mol. The molecule has 3 atom stereocenters. The summed E-state index contributed by atoms with van der Waals surface area (Å²) in [5, 5.41) is 18.2. The number of amides is 1. The van der Waals surface area contributed by atoms with Crippen LogP contribution in [0.25, 0.3) is 0 Å². The number of nitrogens with zero attached hydrogens (tertiary/aromatic N) is 4. The Bertz CT molecular complexity index is 837. The van der Waals surface area contributed by atoms with Crippen molar-refractivity contribution in [1.82, 2.24) is 30.9 Å². The molecule has 0 radical (unpaired) electrons. The third-order valence-electron chi connectivity index (χ3n) is 4.92. The summed E-state index contributed by atoms with van der Waals surface area (Å²) < 4.78 is 1.37. The molecular formula is C17H23N7O3. The molecule has 3 rings (SSSR count). The summed E-state index contributed by atoms with van der Waals surface area (Å²) in [5.41, 5.74) is 8.07. The molecule has 2 aromatic heterocycles. The van der Waals surface area contributed by atoms with Gasteiger partial charge in [0, 0.05) is 18.3 Å². The number of hydrogen-bond donors (Lipinski definition) is 3. The summed E-state index contributed by atoms with van der Waals surface area (Å²) >= 11 is 0. The minimum atomic E-state index is -0.471. The second-order valence-corrected chi connectivity index (χ2v) is 6.60. The van der Waals surface area contributed by atoms with Gasteiger partial charge >= 0.3 is 5.69 Å². The zero-order chi connectivity index (χ0) is 19.6. The maximum atomic E-state index is 12.5. The first-order valence-corrected chi connectivity index (χ1v) is 8.81. The monoisotopic (exact) mass is 373 g/mol. The van der Waals surface area contributed by atoms with E-state index in [2.05, 4.69) is 33.2 Å². The number of rotatable bonds is 6. The highest BCUT2D eigenvalue weighted by Gasteiger charge is 2.36. The van der Waals surface area contributed by atoms with Gasteiger partial charge in [-0.25, -0.2) is 10.9 Å². The fourth-order valence-corrected chi connectivity index (χ4v) is 3.56. The molecule has 0 aliphatic carbocycles. The predicted octanol–water partition coefficient (Wildman–Crippen LogP) is 1.12. The lowest BCUT2D eigenvalue weighted by Crippen LogP contribution is -2.48. The fraction of sp³-hybridized carbons (Fsp3) is 0.471. The molecule has 0 saturated carbocycles. The Balaban J connectivity index is 1.68. The Morgan fingerprint density at radius 2 is 2.04 bits per heavy atom. The molecule has 1 aliphatic heterocycles. The van der Waals surface area contributed by atoms with Crippen LogP contribution in [0.5, 0.6) is 0 Å². The van der Waals surface area contributed by atoms with E-state index in [1.165, 1.54) is 4.68 Å². The highest BCUT2D eigenvalue weighted by molar-refractivity contribution is 5.76. The Morgan fingerprint density at radius 1 is 1.33 bits per heavy atom. The van der Waals surface area contributed by atoms with Crippen LogP contribution in [0.1, 0.15) is 36.3 Å². The smallest absolute Gasteiger partial charge is 0.312 e. The van der Waals surface area contributed by atoms with Crippen molar-refractivity contribution in [1.29, 1.82) is 0 Å². The van der Waals surface area contributed by atoms with Gasteiger partial charge in [0.15, 0.2) is 0 Å². The van der Waals surface area contributed by atoms with E-state index in [1.807, 2.05) is 12.1 Å². The minimum absolute atomic E-state index is 0.0485. The summed E-state index contributed by atoms with van der Waals surface area (Å²) in [7, 11) is 0. The molecular weight excluding hydrogens is 350 g/mol. The number of nitro groups is 1. The topological polar surface area (TPSA) is 127 Å². The first kappa shape index (κ1) is 18.9. The summed E-state index contributed by atoms with van der Waals surface area (Å²) in [4.78, 5) is 27.2. The van der Waals surface area contributed by atoms with Gasteiger partial charge < -0.3 is 5.32 Å². The zero-order valence-corrected chi connectivity index (χ0v) is 15.5. The number of aryl methyl sites for hydroxylation is 1. The summed E-state index contributed by atoms with van der Waals surface area (Å²) in [5.74, 6) is -0.116. The standard InChI is InChI=1S/C17H23N7O3/c1-4-13-15(12-5-7-18-8-6-12)20-21-17(13)19-14(25)9-23-11(3)16(24(26)27)10(2)22-23/h5-8,13,15,17,20-21H,4,9H2,1-3H3,(H,19,25). The average molecular weight is 373 g/mol. The number of pyridine rings is 1. The average Bonchev–Trinajstić information content (AvgIpc) is 3.15. The molecule has 2 aromatic rings. The highest BCUT2D eigenvalue weighted by atomic mass is 16.6. The number of carbonyl (C=O) groups excluding carboxylic acids is 1. The van der Waals surface area contributed by atoms with Crippen LogP contribution in [-0.2, 0) is 11.3 Å². The second kappa shape index (κ2) is 7.80. The molecule has 10 heteroatoms. The van der Waals surface area contributed by atoms with Crippen molar-refractivity contribution in [2.24, 2.45) is 5.92 Å². The minimum Gasteiger partial charge on any atom is -0.338 e. The van der Waals surface area contributed by atoms with E-state index in [9.17, 15) is 14.9 Å². The third-order valence-corrected chi connectivity index (χ3v) is 4.92. The SMILES string of the molecule is CCC1C(NC(=O)Cn2nc(C)c([N+](=O)[O-])c2C)NNC1c1ccncc1. The van der Waals surface area contributed by atoms with E-state index in [-0.39, 0.29) is 36.3 Å². The Hall–Kier alpha value is -2.85. The van der Waals surface area contributed by atoms with Crippen molar-refractivity contribution in [2.45, 2.75) is 45.9 Å². The summed E-state index contributed by atoms with van der Waals surface area (Å²) in [6, 6.07) is 3.95. The molecule has 1 amide bonds. The van der Waals surface area contributed by atoms with Crippen LogP contribution < -0.4 is 16.2 Å². The van der Waals surface area contributed by atoms with Gasteiger partial charge in [0.1, 0.15) is 17.9 Å². The van der Waals surface area contributed by atoms with Gasteiger partial charge in [0.2, 0.25) is 5.91 Å². The van der Waals surface area contributed by atoms with Crippen LogP contribution in [0, 0.1) is 29.9 Å². The first-order chi connectivity index (χ1) is 12.9. The van der Waals surface area contributed by atoms with Gasteiger partial charge in [-0.05, 0) is 38.0 Å². The van der Waals surface area contributed by atoms with Crippen LogP contribution in [0.3, 0.4) is 0 Å². The third kappa shape index (κ3) is 3.81. The molecule has 0 spiro atoms. The van der Waals surface area contributed by atoms with E-state index < -0.39 is 4.92 Å². The molecule has 10 nitrogen and oxygen atoms in total. The Morgan fingerprint density at radius 3 is 2.63 bits per heavy atom. The summed E-state index contributed by atoms with van der Waals surface area (Å²) in [6.45, 7) is 5.15. The molecule has 3 N–H and O–H groups in total. The number of hydrazine groups is 1. The number of carbonyl (C=O) groups is 1. The number of hydrogen-bond acceptors (Lipinski definition) is 7. The zero-order valence-electron chi connectivity index (χ0n) is 15.5. The van der Waals surface area contributed by atoms with E-state index in [0.29, 0.717) is 11.4 Å². The van der Waals surface area contributed by atoms with Crippen LogP contribution >= 0.6 is 0 Å². The lowest BCUT2D eigenvalue weighted by atomic mass is 9.91. The van der Waals surface area contributed by atoms with Crippen LogP contribution in [0.2, 0.25) is 0 Å². The van der Waals surface area contributed by atoms with Crippen molar-refractivity contribution in [3.8, 4) is 0 Å². The summed E-state index contributed by atoms with van der Waals surface area (Å²) in [6.07, 6.45) is 4.08. The molecule has 3 heterocycles. The molecule has 1 fully saturated rings. The van der Waals surface area contributed by atoms with Crippen molar-refractivity contribution in [3.63, 3.8) is 0 Å². The van der Waals surface area contributed by atoms with Gasteiger partial charge in [0.05, 0.1) is 17.1 Å². The molecule has 27 heavy (non-hydrogen) atoms. The van der Waals surface area contributed by atoms with Gasteiger partial charge in [-0.1, -0.05) is 6.92 Å². The van der Waals surface area contributed by atoms with Crippen molar-refractivity contribution >= 4 is 11.6 Å². The largest absolute Gasteiger partial charge is 0.338 e. The van der Waals surface area contributed by atoms with Crippen molar-refractivity contribution in [3.05, 3.63) is 51.6 Å². The highest BCUT2D eigenvalue weighted by Crippen LogP contribution is 2.30. The normalized spacial score (nSPS) is 22.0. The van der Waals surface area contributed by atoms with Crippen LogP contribution in [0.4, 0.5) is 5.69 Å². The van der Waals surface area contributed by atoms with Crippen molar-refractivity contribution < 1.29 is 9.72 Å². The van der Waals surface area contributed by atoms with Crippen LogP contribution in [-0.4, -0.2) is 31.8 Å². The Labute approximate surface area is 156 Å². The van der Waals surface area contributed by atoms with E-state index in [0.717, 1.165) is 12.0 Å². The van der Waals surface area contributed by atoms with Gasteiger partial charge in [0.25, 0.3) is 0 Å². The van der Waals surface area contributed by atoms with E-state index in [1.54, 1.807) is 26.2 Å². The number of aromatic nitrogens is 3. The molecule has 1 aliphatic rings. The van der Waals surface area contributed by atoms with E-state index in [4.69, 9.17) is 0 Å². The number of nitrogens with one attached hydrogen (secondary N) is 3. The second-order valence-electron chi connectivity index (χ2n) is 6.60. The quantitative estimate of drug-likeness (QED) is 0.511. The van der Waals surface area contributed by atoms with Gasteiger partial charge in [-0.2, -0.15) is 5.10 Å². The molecule has 0 aromatic carbocycles. The molecule has 0 bridgehead atoms. The maximum absolute atomic E-state index is 12.5. The van der Waals surface area contributed by atoms with Crippen LogP contribution in [0.15, 0.2) is 24.5 Å². The molecule has 1 saturated heterocycles.